The number of hydrogen-bond acceptors (Lipinski definition) is 3. The normalized spacial score (nSPS) is 28.2. The van der Waals surface area contributed by atoms with Crippen molar-refractivity contribution >= 4 is 9.84 Å². The van der Waals surface area contributed by atoms with Crippen LogP contribution >= 0.6 is 0 Å². The summed E-state index contributed by atoms with van der Waals surface area (Å²) in [5.41, 5.74) is 0.524. The molecule has 1 aliphatic heterocycles. The van der Waals surface area contributed by atoms with Crippen LogP contribution in [0, 0.1) is 11.3 Å². The van der Waals surface area contributed by atoms with E-state index < -0.39 is 9.84 Å². The molecule has 1 heterocycles. The third kappa shape index (κ3) is 2.77. The van der Waals surface area contributed by atoms with E-state index in [1.165, 1.54) is 12.8 Å². The average molecular weight is 245 g/mol. The van der Waals surface area contributed by atoms with Crippen LogP contribution in [0.15, 0.2) is 0 Å². The summed E-state index contributed by atoms with van der Waals surface area (Å²) in [4.78, 5) is 0. The highest BCUT2D eigenvalue weighted by molar-refractivity contribution is 7.91. The highest BCUT2D eigenvalue weighted by Crippen LogP contribution is 2.51. The molecule has 0 unspecified atom stereocenters. The van der Waals surface area contributed by atoms with Crippen molar-refractivity contribution in [1.29, 1.82) is 0 Å². The molecule has 0 aromatic carbocycles. The molecule has 1 saturated carbocycles. The van der Waals surface area contributed by atoms with E-state index in [4.69, 9.17) is 0 Å². The van der Waals surface area contributed by atoms with Crippen LogP contribution in [-0.4, -0.2) is 32.5 Å². The van der Waals surface area contributed by atoms with Gasteiger partial charge in [-0.1, -0.05) is 13.8 Å². The summed E-state index contributed by atoms with van der Waals surface area (Å²) in [5, 5.41) is 3.58. The minimum Gasteiger partial charge on any atom is -0.313 e. The maximum atomic E-state index is 11.3. The SMILES string of the molecule is CC(C)C1(CNC2CCS(=O)(=O)CC2)CC1. The summed E-state index contributed by atoms with van der Waals surface area (Å²) in [6, 6.07) is 0.430. The Balaban J connectivity index is 1.76. The quantitative estimate of drug-likeness (QED) is 0.818. The molecule has 2 aliphatic rings. The molecule has 16 heavy (non-hydrogen) atoms. The third-order valence-electron chi connectivity index (χ3n) is 4.41. The fourth-order valence-electron chi connectivity index (χ4n) is 2.56. The first kappa shape index (κ1) is 12.4. The van der Waals surface area contributed by atoms with Gasteiger partial charge in [0.1, 0.15) is 9.84 Å². The summed E-state index contributed by atoms with van der Waals surface area (Å²) in [6.45, 7) is 5.66. The smallest absolute Gasteiger partial charge is 0.150 e. The van der Waals surface area contributed by atoms with Crippen molar-refractivity contribution in [3.8, 4) is 0 Å². The van der Waals surface area contributed by atoms with Gasteiger partial charge in [-0.15, -0.1) is 0 Å². The zero-order valence-corrected chi connectivity index (χ0v) is 11.1. The van der Waals surface area contributed by atoms with E-state index >= 15 is 0 Å². The van der Waals surface area contributed by atoms with Gasteiger partial charge in [0.2, 0.25) is 0 Å². The summed E-state index contributed by atoms with van der Waals surface area (Å²) < 4.78 is 22.6. The Labute approximate surface area is 98.9 Å². The number of hydrogen-bond donors (Lipinski definition) is 1. The van der Waals surface area contributed by atoms with Gasteiger partial charge < -0.3 is 5.32 Å². The summed E-state index contributed by atoms with van der Waals surface area (Å²) in [6.07, 6.45) is 4.28. The molecular weight excluding hydrogens is 222 g/mol. The lowest BCUT2D eigenvalue weighted by Gasteiger charge is -2.27. The predicted molar refractivity (Wildman–Crippen MR) is 66.2 cm³/mol. The van der Waals surface area contributed by atoms with E-state index in [9.17, 15) is 8.42 Å². The van der Waals surface area contributed by atoms with Gasteiger partial charge in [-0.25, -0.2) is 8.42 Å². The van der Waals surface area contributed by atoms with Crippen LogP contribution < -0.4 is 5.32 Å². The summed E-state index contributed by atoms with van der Waals surface area (Å²) in [5.74, 6) is 1.49. The van der Waals surface area contributed by atoms with Crippen LogP contribution in [0.25, 0.3) is 0 Å². The van der Waals surface area contributed by atoms with Gasteiger partial charge in [-0.05, 0) is 37.0 Å². The highest BCUT2D eigenvalue weighted by Gasteiger charge is 2.45. The maximum Gasteiger partial charge on any atom is 0.150 e. The Morgan fingerprint density at radius 1 is 1.25 bits per heavy atom. The van der Waals surface area contributed by atoms with Crippen molar-refractivity contribution in [1.82, 2.24) is 5.32 Å². The first-order valence-electron chi connectivity index (χ1n) is 6.37. The van der Waals surface area contributed by atoms with Gasteiger partial charge in [0.25, 0.3) is 0 Å². The minimum absolute atomic E-state index is 0.374. The molecule has 0 atom stereocenters. The monoisotopic (exact) mass is 245 g/mol. The molecule has 0 aromatic rings. The predicted octanol–water partition coefficient (Wildman–Crippen LogP) is 1.59. The summed E-state index contributed by atoms with van der Waals surface area (Å²) >= 11 is 0. The largest absolute Gasteiger partial charge is 0.313 e. The Hall–Kier alpha value is -0.0900. The van der Waals surface area contributed by atoms with Crippen LogP contribution in [0.2, 0.25) is 0 Å². The fourth-order valence-corrected chi connectivity index (χ4v) is 4.05. The molecule has 2 rings (SSSR count). The Kier molecular flexibility index (Phi) is 3.32. The van der Waals surface area contributed by atoms with Crippen LogP contribution in [0.5, 0.6) is 0 Å². The molecule has 3 nitrogen and oxygen atoms in total. The van der Waals surface area contributed by atoms with Crippen molar-refractivity contribution in [2.45, 2.75) is 45.6 Å². The fraction of sp³-hybridized carbons (Fsp3) is 1.00. The number of sulfone groups is 1. The lowest BCUT2D eigenvalue weighted by atomic mass is 9.92. The van der Waals surface area contributed by atoms with Crippen molar-refractivity contribution in [3.63, 3.8) is 0 Å². The molecule has 1 aliphatic carbocycles. The maximum absolute atomic E-state index is 11.3. The highest BCUT2D eigenvalue weighted by atomic mass is 32.2. The van der Waals surface area contributed by atoms with Crippen molar-refractivity contribution < 1.29 is 8.42 Å². The Morgan fingerprint density at radius 3 is 2.25 bits per heavy atom. The Morgan fingerprint density at radius 2 is 1.81 bits per heavy atom. The molecule has 1 saturated heterocycles. The van der Waals surface area contributed by atoms with E-state index in [-0.39, 0.29) is 0 Å². The first-order chi connectivity index (χ1) is 7.44. The van der Waals surface area contributed by atoms with E-state index in [0.29, 0.717) is 23.0 Å². The molecule has 4 heteroatoms. The lowest BCUT2D eigenvalue weighted by Crippen LogP contribution is -2.41. The van der Waals surface area contributed by atoms with E-state index in [1.807, 2.05) is 0 Å². The van der Waals surface area contributed by atoms with Crippen LogP contribution in [0.3, 0.4) is 0 Å². The third-order valence-corrected chi connectivity index (χ3v) is 6.13. The van der Waals surface area contributed by atoms with E-state index in [2.05, 4.69) is 19.2 Å². The van der Waals surface area contributed by atoms with Gasteiger partial charge in [0, 0.05) is 12.6 Å². The first-order valence-corrected chi connectivity index (χ1v) is 8.19. The van der Waals surface area contributed by atoms with Gasteiger partial charge in [-0.2, -0.15) is 0 Å². The molecule has 0 aromatic heterocycles. The van der Waals surface area contributed by atoms with Crippen LogP contribution in [0.1, 0.15) is 39.5 Å². The second-order valence-corrected chi connectivity index (χ2v) is 8.13. The van der Waals surface area contributed by atoms with Crippen molar-refractivity contribution in [2.75, 3.05) is 18.1 Å². The average Bonchev–Trinajstić information content (AvgIpc) is 2.97. The lowest BCUT2D eigenvalue weighted by molar-refractivity contribution is 0.312. The van der Waals surface area contributed by atoms with Gasteiger partial charge in [0.15, 0.2) is 0 Å². The van der Waals surface area contributed by atoms with E-state index in [0.717, 1.165) is 25.3 Å². The van der Waals surface area contributed by atoms with Gasteiger partial charge >= 0.3 is 0 Å². The van der Waals surface area contributed by atoms with Crippen LogP contribution in [-0.2, 0) is 9.84 Å². The standard InChI is InChI=1S/C12H23NO2S/c1-10(2)12(5-6-12)9-13-11-3-7-16(14,15)8-4-11/h10-11,13H,3-9H2,1-2H3. The topological polar surface area (TPSA) is 46.2 Å². The number of rotatable bonds is 4. The second-order valence-electron chi connectivity index (χ2n) is 5.82. The molecule has 0 bridgehead atoms. The van der Waals surface area contributed by atoms with Crippen molar-refractivity contribution in [3.05, 3.63) is 0 Å². The van der Waals surface area contributed by atoms with E-state index in [1.54, 1.807) is 0 Å². The van der Waals surface area contributed by atoms with Crippen molar-refractivity contribution in [2.24, 2.45) is 11.3 Å². The van der Waals surface area contributed by atoms with Crippen LogP contribution in [0.4, 0.5) is 0 Å². The zero-order valence-electron chi connectivity index (χ0n) is 10.3. The second kappa shape index (κ2) is 4.30. The molecule has 1 N–H and O–H groups in total. The molecule has 94 valence electrons. The minimum atomic E-state index is -2.71. The van der Waals surface area contributed by atoms with Gasteiger partial charge in [-0.3, -0.25) is 0 Å². The molecule has 0 amide bonds. The number of nitrogens with one attached hydrogen (secondary N) is 1. The zero-order chi connectivity index (χ0) is 11.8. The summed E-state index contributed by atoms with van der Waals surface area (Å²) in [7, 11) is -2.71. The molecule has 0 radical (unpaired) electrons. The molecular formula is C12H23NO2S. The van der Waals surface area contributed by atoms with Gasteiger partial charge in [0.05, 0.1) is 11.5 Å². The molecule has 0 spiro atoms. The Bertz CT molecular complexity index is 330. The molecule has 2 fully saturated rings.